The van der Waals surface area contributed by atoms with Crippen molar-refractivity contribution < 1.29 is 0 Å². The fraction of sp³-hybridized carbons (Fsp3) is 0.438. The first-order valence-corrected chi connectivity index (χ1v) is 8.56. The molecule has 21 heavy (non-hydrogen) atoms. The fourth-order valence-electron chi connectivity index (χ4n) is 2.34. The van der Waals surface area contributed by atoms with Crippen molar-refractivity contribution in [2.75, 3.05) is 12.3 Å². The molecule has 114 valence electrons. The Morgan fingerprint density at radius 1 is 1.38 bits per heavy atom. The van der Waals surface area contributed by atoms with Gasteiger partial charge in [0.25, 0.3) is 0 Å². The Hall–Kier alpha value is -0.970. The fourth-order valence-corrected chi connectivity index (χ4v) is 3.64. The number of thioether (sulfide) groups is 1. The van der Waals surface area contributed by atoms with Crippen molar-refractivity contribution in [3.63, 3.8) is 0 Å². The second-order valence-corrected chi connectivity index (χ2v) is 6.57. The maximum atomic E-state index is 6.22. The van der Waals surface area contributed by atoms with E-state index in [4.69, 9.17) is 11.6 Å². The molecule has 0 radical (unpaired) electrons. The van der Waals surface area contributed by atoms with Crippen LogP contribution in [0.4, 0.5) is 0 Å². The summed E-state index contributed by atoms with van der Waals surface area (Å²) in [6.07, 6.45) is 0.975. The van der Waals surface area contributed by atoms with Gasteiger partial charge in [0.1, 0.15) is 0 Å². The first-order chi connectivity index (χ1) is 10.1. The molecule has 1 aromatic carbocycles. The summed E-state index contributed by atoms with van der Waals surface area (Å²) in [6, 6.07) is 10.6. The average molecular weight is 324 g/mol. The van der Waals surface area contributed by atoms with Crippen LogP contribution in [0, 0.1) is 6.92 Å². The van der Waals surface area contributed by atoms with Gasteiger partial charge in [0.2, 0.25) is 0 Å². The van der Waals surface area contributed by atoms with Crippen LogP contribution in [-0.4, -0.2) is 28.1 Å². The number of hydrogen-bond donors (Lipinski definition) is 1. The number of hydrogen-bond acceptors (Lipinski definition) is 3. The monoisotopic (exact) mass is 323 g/mol. The minimum atomic E-state index is 0.408. The van der Waals surface area contributed by atoms with Crippen LogP contribution in [0.2, 0.25) is 5.02 Å². The Labute approximate surface area is 136 Å². The molecule has 0 fully saturated rings. The van der Waals surface area contributed by atoms with E-state index in [2.05, 4.69) is 29.5 Å². The molecule has 5 heteroatoms. The Bertz CT molecular complexity index is 583. The predicted octanol–water partition coefficient (Wildman–Crippen LogP) is 3.69. The molecule has 0 aliphatic rings. The molecule has 3 nitrogen and oxygen atoms in total. The lowest BCUT2D eigenvalue weighted by molar-refractivity contribution is 0.549. The number of aryl methyl sites for hydroxylation is 2. The van der Waals surface area contributed by atoms with Gasteiger partial charge >= 0.3 is 0 Å². The summed E-state index contributed by atoms with van der Waals surface area (Å²) in [4.78, 5) is 1.14. The van der Waals surface area contributed by atoms with E-state index in [0.29, 0.717) is 6.04 Å². The minimum absolute atomic E-state index is 0.408. The zero-order chi connectivity index (χ0) is 15.2. The van der Waals surface area contributed by atoms with Crippen LogP contribution in [0.15, 0.2) is 35.2 Å². The van der Waals surface area contributed by atoms with Crippen molar-refractivity contribution in [3.8, 4) is 0 Å². The Morgan fingerprint density at radius 2 is 2.14 bits per heavy atom. The summed E-state index contributed by atoms with van der Waals surface area (Å²) in [5.74, 6) is 0.988. The Kier molecular flexibility index (Phi) is 6.15. The summed E-state index contributed by atoms with van der Waals surface area (Å²) < 4.78 is 1.97. The van der Waals surface area contributed by atoms with Gasteiger partial charge in [-0.3, -0.25) is 4.68 Å². The van der Waals surface area contributed by atoms with Crippen molar-refractivity contribution >= 4 is 23.4 Å². The number of nitrogens with one attached hydrogen (secondary N) is 1. The third kappa shape index (κ3) is 4.77. The topological polar surface area (TPSA) is 29.9 Å². The molecule has 0 saturated carbocycles. The molecule has 1 aromatic heterocycles. The molecule has 0 bridgehead atoms. The van der Waals surface area contributed by atoms with Gasteiger partial charge in [0.05, 0.1) is 10.7 Å². The van der Waals surface area contributed by atoms with Crippen molar-refractivity contribution in [2.45, 2.75) is 31.2 Å². The summed E-state index contributed by atoms with van der Waals surface area (Å²) in [7, 11) is 2.01. The lowest BCUT2D eigenvalue weighted by atomic mass is 10.1. The van der Waals surface area contributed by atoms with Crippen LogP contribution in [0.5, 0.6) is 0 Å². The third-order valence-corrected chi connectivity index (χ3v) is 5.00. The minimum Gasteiger partial charge on any atom is -0.313 e. The number of likely N-dealkylation sites (N-methyl/N-ethyl adjacent to an activating group) is 1. The van der Waals surface area contributed by atoms with Crippen molar-refractivity contribution in [1.82, 2.24) is 15.1 Å². The maximum absolute atomic E-state index is 6.22. The van der Waals surface area contributed by atoms with Gasteiger partial charge in [-0.05, 0) is 31.7 Å². The maximum Gasteiger partial charge on any atom is 0.0596 e. The number of rotatable bonds is 7. The van der Waals surface area contributed by atoms with Crippen molar-refractivity contribution in [3.05, 3.63) is 46.7 Å². The van der Waals surface area contributed by atoms with Crippen LogP contribution in [0.3, 0.4) is 0 Å². The van der Waals surface area contributed by atoms with Gasteiger partial charge in [0, 0.05) is 35.9 Å². The smallest absolute Gasteiger partial charge is 0.0596 e. The number of aromatic nitrogens is 2. The van der Waals surface area contributed by atoms with E-state index in [9.17, 15) is 0 Å². The summed E-state index contributed by atoms with van der Waals surface area (Å²) in [5, 5.41) is 8.80. The molecule has 0 aliphatic carbocycles. The van der Waals surface area contributed by atoms with Crippen LogP contribution >= 0.6 is 23.4 Å². The van der Waals surface area contributed by atoms with E-state index < -0.39 is 0 Å². The molecule has 1 heterocycles. The molecule has 2 rings (SSSR count). The summed E-state index contributed by atoms with van der Waals surface area (Å²) in [5.41, 5.74) is 2.33. The van der Waals surface area contributed by atoms with E-state index >= 15 is 0 Å². The summed E-state index contributed by atoms with van der Waals surface area (Å²) >= 11 is 8.02. The molecular weight excluding hydrogens is 302 g/mol. The third-order valence-electron chi connectivity index (χ3n) is 3.32. The second kappa shape index (κ2) is 7.87. The SMILES string of the molecule is CCNC(CSc1ccccc1Cl)Cc1cc(C)nn1C. The van der Waals surface area contributed by atoms with E-state index in [0.717, 1.165) is 34.3 Å². The van der Waals surface area contributed by atoms with E-state index in [1.54, 1.807) is 11.8 Å². The van der Waals surface area contributed by atoms with Gasteiger partial charge in [-0.1, -0.05) is 30.7 Å². The predicted molar refractivity (Wildman–Crippen MR) is 91.3 cm³/mol. The molecular formula is C16H22ClN3S. The van der Waals surface area contributed by atoms with Gasteiger partial charge in [-0.2, -0.15) is 5.10 Å². The first kappa shape index (κ1) is 16.4. The Morgan fingerprint density at radius 3 is 2.76 bits per heavy atom. The van der Waals surface area contributed by atoms with Crippen molar-refractivity contribution in [1.29, 1.82) is 0 Å². The quantitative estimate of drug-likeness (QED) is 0.788. The van der Waals surface area contributed by atoms with Crippen LogP contribution < -0.4 is 5.32 Å². The molecule has 0 aliphatic heterocycles. The zero-order valence-electron chi connectivity index (χ0n) is 12.8. The average Bonchev–Trinajstić information content (AvgIpc) is 2.76. The van der Waals surface area contributed by atoms with Gasteiger partial charge in [-0.15, -0.1) is 11.8 Å². The van der Waals surface area contributed by atoms with E-state index in [1.165, 1.54) is 5.69 Å². The molecule has 0 saturated heterocycles. The number of nitrogens with zero attached hydrogens (tertiary/aromatic N) is 2. The van der Waals surface area contributed by atoms with Gasteiger partial charge < -0.3 is 5.32 Å². The lowest BCUT2D eigenvalue weighted by Crippen LogP contribution is -2.33. The molecule has 0 amide bonds. The largest absolute Gasteiger partial charge is 0.313 e. The Balaban J connectivity index is 1.99. The highest BCUT2D eigenvalue weighted by Gasteiger charge is 2.13. The second-order valence-electron chi connectivity index (χ2n) is 5.10. The van der Waals surface area contributed by atoms with Crippen LogP contribution in [0.25, 0.3) is 0 Å². The lowest BCUT2D eigenvalue weighted by Gasteiger charge is -2.18. The molecule has 0 spiro atoms. The zero-order valence-corrected chi connectivity index (χ0v) is 14.3. The van der Waals surface area contributed by atoms with Crippen LogP contribution in [-0.2, 0) is 13.5 Å². The highest BCUT2D eigenvalue weighted by molar-refractivity contribution is 7.99. The standard InChI is InChI=1S/C16H22ClN3S/c1-4-18-13(10-14-9-12(2)19-20(14)3)11-21-16-8-6-5-7-15(16)17/h5-9,13,18H,4,10-11H2,1-3H3. The van der Waals surface area contributed by atoms with Crippen molar-refractivity contribution in [2.24, 2.45) is 7.05 Å². The van der Waals surface area contributed by atoms with Gasteiger partial charge in [0.15, 0.2) is 0 Å². The first-order valence-electron chi connectivity index (χ1n) is 7.20. The molecule has 1 atom stereocenters. The normalized spacial score (nSPS) is 12.6. The van der Waals surface area contributed by atoms with E-state index in [1.807, 2.05) is 36.9 Å². The van der Waals surface area contributed by atoms with E-state index in [-0.39, 0.29) is 0 Å². The molecule has 1 unspecified atom stereocenters. The number of benzene rings is 1. The van der Waals surface area contributed by atoms with Gasteiger partial charge in [-0.25, -0.2) is 0 Å². The molecule has 1 N–H and O–H groups in total. The number of halogens is 1. The highest BCUT2D eigenvalue weighted by Crippen LogP contribution is 2.27. The summed E-state index contributed by atoms with van der Waals surface area (Å²) in [6.45, 7) is 5.14. The molecule has 2 aromatic rings. The highest BCUT2D eigenvalue weighted by atomic mass is 35.5. The van der Waals surface area contributed by atoms with Crippen LogP contribution in [0.1, 0.15) is 18.3 Å².